The summed E-state index contributed by atoms with van der Waals surface area (Å²) in [5.74, 6) is 0.950. The number of aromatic nitrogens is 1. The standard InChI is InChI=1S/C24H27N5O/c30-24(26-21-10-5-2-6-11-21)27-22-12-13-23(25-18-22)29-15-7-14-28(16-17-29)19-20-8-3-1-4-9-20/h1-6,8-13,18H,7,14-17,19H2,(H2,26,27,30). The average Bonchev–Trinajstić information content (AvgIpc) is 3.01. The molecule has 0 saturated carbocycles. The topological polar surface area (TPSA) is 60.5 Å². The first-order valence-corrected chi connectivity index (χ1v) is 10.4. The van der Waals surface area contributed by atoms with E-state index in [4.69, 9.17) is 0 Å². The van der Waals surface area contributed by atoms with Gasteiger partial charge in [-0.05, 0) is 36.2 Å². The maximum absolute atomic E-state index is 12.1. The summed E-state index contributed by atoms with van der Waals surface area (Å²) in [5.41, 5.74) is 2.78. The molecule has 1 aliphatic heterocycles. The number of nitrogens with zero attached hydrogens (tertiary/aromatic N) is 3. The fourth-order valence-electron chi connectivity index (χ4n) is 3.66. The quantitative estimate of drug-likeness (QED) is 0.664. The minimum Gasteiger partial charge on any atom is -0.355 e. The summed E-state index contributed by atoms with van der Waals surface area (Å²) in [5, 5.41) is 5.64. The normalized spacial score (nSPS) is 14.7. The summed E-state index contributed by atoms with van der Waals surface area (Å²) in [6, 6.07) is 23.6. The van der Waals surface area contributed by atoms with E-state index in [1.54, 1.807) is 6.20 Å². The number of rotatable bonds is 5. The van der Waals surface area contributed by atoms with Crippen molar-refractivity contribution in [3.63, 3.8) is 0 Å². The predicted molar refractivity (Wildman–Crippen MR) is 122 cm³/mol. The highest BCUT2D eigenvalue weighted by Crippen LogP contribution is 2.17. The maximum atomic E-state index is 12.1. The van der Waals surface area contributed by atoms with E-state index in [1.165, 1.54) is 5.56 Å². The van der Waals surface area contributed by atoms with Gasteiger partial charge < -0.3 is 15.5 Å². The van der Waals surface area contributed by atoms with E-state index in [9.17, 15) is 4.79 Å². The number of anilines is 3. The van der Waals surface area contributed by atoms with Crippen molar-refractivity contribution in [3.8, 4) is 0 Å². The van der Waals surface area contributed by atoms with Gasteiger partial charge in [0.25, 0.3) is 0 Å². The van der Waals surface area contributed by atoms with Crippen LogP contribution in [0.4, 0.5) is 22.0 Å². The van der Waals surface area contributed by atoms with E-state index in [1.807, 2.05) is 42.5 Å². The molecule has 2 amide bonds. The Morgan fingerprint density at radius 2 is 1.53 bits per heavy atom. The largest absolute Gasteiger partial charge is 0.355 e. The number of carbonyl (C=O) groups excluding carboxylic acids is 1. The lowest BCUT2D eigenvalue weighted by molar-refractivity contribution is 0.262. The maximum Gasteiger partial charge on any atom is 0.323 e. The molecule has 6 nitrogen and oxygen atoms in total. The molecule has 0 bridgehead atoms. The third kappa shape index (κ3) is 5.58. The molecular formula is C24H27N5O. The van der Waals surface area contributed by atoms with Crippen LogP contribution in [0.1, 0.15) is 12.0 Å². The Morgan fingerprint density at radius 1 is 0.800 bits per heavy atom. The highest BCUT2D eigenvalue weighted by molar-refractivity contribution is 5.99. The second-order valence-electron chi connectivity index (χ2n) is 7.45. The van der Waals surface area contributed by atoms with E-state index < -0.39 is 0 Å². The van der Waals surface area contributed by atoms with Crippen molar-refractivity contribution < 1.29 is 4.79 Å². The van der Waals surface area contributed by atoms with Crippen LogP contribution < -0.4 is 15.5 Å². The van der Waals surface area contributed by atoms with Gasteiger partial charge >= 0.3 is 6.03 Å². The van der Waals surface area contributed by atoms with E-state index in [0.717, 1.165) is 50.6 Å². The van der Waals surface area contributed by atoms with Crippen LogP contribution >= 0.6 is 0 Å². The summed E-state index contributed by atoms with van der Waals surface area (Å²) >= 11 is 0. The Kier molecular flexibility index (Phi) is 6.57. The molecule has 1 saturated heterocycles. The van der Waals surface area contributed by atoms with Crippen LogP contribution in [0.3, 0.4) is 0 Å². The van der Waals surface area contributed by atoms with Gasteiger partial charge in [-0.15, -0.1) is 0 Å². The lowest BCUT2D eigenvalue weighted by atomic mass is 10.2. The van der Waals surface area contributed by atoms with Crippen molar-refractivity contribution in [1.82, 2.24) is 9.88 Å². The molecule has 1 aliphatic rings. The predicted octanol–water partition coefficient (Wildman–Crippen LogP) is 4.44. The Balaban J connectivity index is 1.30. The van der Waals surface area contributed by atoms with Crippen LogP contribution in [-0.4, -0.2) is 42.1 Å². The van der Waals surface area contributed by atoms with Crippen molar-refractivity contribution in [2.45, 2.75) is 13.0 Å². The molecule has 2 N–H and O–H groups in total. The van der Waals surface area contributed by atoms with E-state index in [-0.39, 0.29) is 6.03 Å². The Hall–Kier alpha value is -3.38. The lowest BCUT2D eigenvalue weighted by Gasteiger charge is -2.23. The Morgan fingerprint density at radius 3 is 2.27 bits per heavy atom. The summed E-state index contributed by atoms with van der Waals surface area (Å²) in [6.07, 6.45) is 2.82. The lowest BCUT2D eigenvalue weighted by Crippen LogP contribution is -2.31. The summed E-state index contributed by atoms with van der Waals surface area (Å²) in [4.78, 5) is 21.5. The van der Waals surface area contributed by atoms with Gasteiger partial charge in [-0.2, -0.15) is 0 Å². The van der Waals surface area contributed by atoms with Crippen molar-refractivity contribution in [3.05, 3.63) is 84.6 Å². The average molecular weight is 402 g/mol. The second-order valence-corrected chi connectivity index (χ2v) is 7.45. The Bertz CT molecular complexity index is 931. The van der Waals surface area contributed by atoms with E-state index in [0.29, 0.717) is 5.69 Å². The minimum atomic E-state index is -0.276. The van der Waals surface area contributed by atoms with Crippen molar-refractivity contribution in [2.75, 3.05) is 41.7 Å². The van der Waals surface area contributed by atoms with Crippen LogP contribution in [-0.2, 0) is 6.54 Å². The number of hydrogen-bond donors (Lipinski definition) is 2. The third-order valence-corrected chi connectivity index (χ3v) is 5.20. The highest BCUT2D eigenvalue weighted by Gasteiger charge is 2.16. The van der Waals surface area contributed by atoms with Crippen LogP contribution in [0, 0.1) is 0 Å². The van der Waals surface area contributed by atoms with Crippen LogP contribution in [0.5, 0.6) is 0 Å². The zero-order valence-corrected chi connectivity index (χ0v) is 17.0. The third-order valence-electron chi connectivity index (χ3n) is 5.20. The number of urea groups is 1. The summed E-state index contributed by atoms with van der Waals surface area (Å²) in [7, 11) is 0. The van der Waals surface area contributed by atoms with Gasteiger partial charge in [0.2, 0.25) is 0 Å². The number of pyridine rings is 1. The molecule has 1 fully saturated rings. The second kappa shape index (κ2) is 9.89. The molecule has 2 aromatic carbocycles. The van der Waals surface area contributed by atoms with Crippen LogP contribution in [0.15, 0.2) is 79.0 Å². The van der Waals surface area contributed by atoms with Crippen LogP contribution in [0.2, 0.25) is 0 Å². The number of amides is 2. The van der Waals surface area contributed by atoms with Gasteiger partial charge in [-0.1, -0.05) is 48.5 Å². The van der Waals surface area contributed by atoms with Gasteiger partial charge in [-0.25, -0.2) is 9.78 Å². The molecule has 1 aromatic heterocycles. The van der Waals surface area contributed by atoms with Gasteiger partial charge in [0.15, 0.2) is 0 Å². The van der Waals surface area contributed by atoms with Gasteiger partial charge in [-0.3, -0.25) is 4.90 Å². The molecule has 3 aromatic rings. The molecule has 2 heterocycles. The van der Waals surface area contributed by atoms with Gasteiger partial charge in [0.1, 0.15) is 5.82 Å². The van der Waals surface area contributed by atoms with E-state index >= 15 is 0 Å². The molecule has 30 heavy (non-hydrogen) atoms. The fraction of sp³-hybridized carbons (Fsp3) is 0.250. The van der Waals surface area contributed by atoms with Crippen molar-refractivity contribution >= 4 is 23.2 Å². The molecule has 6 heteroatoms. The first kappa shape index (κ1) is 19.9. The smallest absolute Gasteiger partial charge is 0.323 e. The molecular weight excluding hydrogens is 374 g/mol. The van der Waals surface area contributed by atoms with Crippen molar-refractivity contribution in [2.24, 2.45) is 0 Å². The monoisotopic (exact) mass is 401 g/mol. The number of carbonyl (C=O) groups is 1. The molecule has 0 unspecified atom stereocenters. The number of benzene rings is 2. The van der Waals surface area contributed by atoms with Crippen LogP contribution in [0.25, 0.3) is 0 Å². The fourth-order valence-corrected chi connectivity index (χ4v) is 3.66. The SMILES string of the molecule is O=C(Nc1ccccc1)Nc1ccc(N2CCCN(Cc3ccccc3)CC2)nc1. The number of para-hydroxylation sites is 1. The van der Waals surface area contributed by atoms with Gasteiger partial charge in [0, 0.05) is 38.4 Å². The van der Waals surface area contributed by atoms with E-state index in [2.05, 4.69) is 55.7 Å². The first-order valence-electron chi connectivity index (χ1n) is 10.4. The van der Waals surface area contributed by atoms with Gasteiger partial charge in [0.05, 0.1) is 11.9 Å². The first-order chi connectivity index (χ1) is 14.8. The molecule has 154 valence electrons. The molecule has 0 aliphatic carbocycles. The summed E-state index contributed by atoms with van der Waals surface area (Å²) < 4.78 is 0. The molecule has 0 atom stereocenters. The minimum absolute atomic E-state index is 0.276. The zero-order valence-electron chi connectivity index (χ0n) is 17.0. The molecule has 0 spiro atoms. The Labute approximate surface area is 177 Å². The number of hydrogen-bond acceptors (Lipinski definition) is 4. The molecule has 0 radical (unpaired) electrons. The highest BCUT2D eigenvalue weighted by atomic mass is 16.2. The number of nitrogens with one attached hydrogen (secondary N) is 2. The zero-order chi connectivity index (χ0) is 20.6. The van der Waals surface area contributed by atoms with Crippen molar-refractivity contribution in [1.29, 1.82) is 0 Å². The summed E-state index contributed by atoms with van der Waals surface area (Å²) in [6.45, 7) is 5.02. The molecule has 4 rings (SSSR count).